The van der Waals surface area contributed by atoms with Crippen molar-refractivity contribution in [1.29, 1.82) is 0 Å². The second kappa shape index (κ2) is 16.6. The summed E-state index contributed by atoms with van der Waals surface area (Å²) in [4.78, 5) is 52.8. The third kappa shape index (κ3) is 11.5. The van der Waals surface area contributed by atoms with E-state index in [0.29, 0.717) is 31.2 Å². The average Bonchev–Trinajstić information content (AvgIpc) is 3.35. The zero-order valence-electron chi connectivity index (χ0n) is 28.9. The van der Waals surface area contributed by atoms with Crippen LogP contribution in [-0.4, -0.2) is 78.5 Å². The quantitative estimate of drug-likeness (QED) is 0.121. The maximum Gasteiger partial charge on any atom is 0.303 e. The van der Waals surface area contributed by atoms with Crippen LogP contribution in [0.1, 0.15) is 104 Å². The van der Waals surface area contributed by atoms with E-state index in [1.54, 1.807) is 0 Å². The third-order valence-electron chi connectivity index (χ3n) is 9.04. The molecule has 0 unspecified atom stereocenters. The fraction of sp³-hybridized carbons (Fsp3) is 0.657. The van der Waals surface area contributed by atoms with E-state index in [1.165, 1.54) is 4.90 Å². The molecule has 2 rings (SSSR count). The molecule has 0 bridgehead atoms. The van der Waals surface area contributed by atoms with E-state index in [0.717, 1.165) is 5.56 Å². The maximum atomic E-state index is 14.0. The van der Waals surface area contributed by atoms with Crippen LogP contribution < -0.4 is 10.6 Å². The first-order chi connectivity index (χ1) is 21.3. The maximum absolute atomic E-state index is 14.0. The molecule has 1 heterocycles. The zero-order valence-corrected chi connectivity index (χ0v) is 29.9. The molecule has 0 radical (unpaired) electrons. The number of nitrogens with one attached hydrogen (secondary N) is 2. The number of likely N-dealkylation sites (tertiary alicyclic amines) is 1. The highest BCUT2D eigenvalue weighted by Gasteiger charge is 2.45. The number of aliphatic hydroxyl groups excluding tert-OH is 1. The number of hydrogen-bond acceptors (Lipinski definition) is 6. The van der Waals surface area contributed by atoms with Gasteiger partial charge in [-0.15, -0.1) is 6.42 Å². The number of aliphatic carboxylic acids is 1. The van der Waals surface area contributed by atoms with Crippen molar-refractivity contribution >= 4 is 32.0 Å². The number of nitrogens with zero attached hydrogens (tertiary/aromatic N) is 1. The van der Waals surface area contributed by atoms with Gasteiger partial charge in [0.05, 0.1) is 18.8 Å². The second-order valence-corrected chi connectivity index (χ2v) is 19.8. The molecule has 10 nitrogen and oxygen atoms in total. The molecule has 0 spiro atoms. The number of carbonyl (C=O) groups excluding carboxylic acids is 3. The van der Waals surface area contributed by atoms with E-state index in [1.807, 2.05) is 45.0 Å². The second-order valence-electron chi connectivity index (χ2n) is 15.0. The molecule has 4 N–H and O–H groups in total. The lowest BCUT2D eigenvalue weighted by atomic mass is 9.85. The smallest absolute Gasteiger partial charge is 0.303 e. The van der Waals surface area contributed by atoms with Gasteiger partial charge in [0.2, 0.25) is 17.7 Å². The number of unbranched alkanes of at least 4 members (excludes halogenated alkanes) is 3. The molecule has 3 amide bonds. The van der Waals surface area contributed by atoms with Crippen molar-refractivity contribution in [3.8, 4) is 12.3 Å². The van der Waals surface area contributed by atoms with E-state index in [2.05, 4.69) is 50.4 Å². The van der Waals surface area contributed by atoms with Crippen LogP contribution in [0.5, 0.6) is 0 Å². The largest absolute Gasteiger partial charge is 0.481 e. The topological polar surface area (TPSA) is 145 Å². The van der Waals surface area contributed by atoms with E-state index >= 15 is 0 Å². The lowest BCUT2D eigenvalue weighted by Gasteiger charge is -2.38. The van der Waals surface area contributed by atoms with Gasteiger partial charge in [0.25, 0.3) is 0 Å². The molecule has 1 aliphatic heterocycles. The minimum Gasteiger partial charge on any atom is -0.481 e. The van der Waals surface area contributed by atoms with Crippen molar-refractivity contribution in [3.63, 3.8) is 0 Å². The Morgan fingerprint density at radius 1 is 1.00 bits per heavy atom. The highest BCUT2D eigenvalue weighted by atomic mass is 28.4. The fourth-order valence-corrected chi connectivity index (χ4v) is 6.09. The van der Waals surface area contributed by atoms with Crippen molar-refractivity contribution in [2.24, 2.45) is 5.41 Å². The summed E-state index contributed by atoms with van der Waals surface area (Å²) in [6, 6.07) is 4.97. The molecule has 1 aliphatic rings. The molecule has 11 heteroatoms. The Kier molecular flexibility index (Phi) is 14.0. The number of hydrogen-bond donors (Lipinski definition) is 4. The third-order valence-corrected chi connectivity index (χ3v) is 13.5. The molecule has 1 fully saturated rings. The van der Waals surface area contributed by atoms with Crippen LogP contribution in [0.2, 0.25) is 18.1 Å². The Hall–Kier alpha value is -3.20. The lowest BCUT2D eigenvalue weighted by Crippen LogP contribution is -2.58. The summed E-state index contributed by atoms with van der Waals surface area (Å²) < 4.78 is 6.50. The Morgan fingerprint density at radius 3 is 2.11 bits per heavy atom. The normalized spacial score (nSPS) is 18.4. The van der Waals surface area contributed by atoms with Gasteiger partial charge in [0.15, 0.2) is 8.32 Å². The van der Waals surface area contributed by atoms with Gasteiger partial charge in [-0.25, -0.2) is 0 Å². The van der Waals surface area contributed by atoms with Crippen LogP contribution in [0.4, 0.5) is 0 Å². The number of rotatable bonds is 15. The van der Waals surface area contributed by atoms with Crippen LogP contribution in [0.25, 0.3) is 0 Å². The summed E-state index contributed by atoms with van der Waals surface area (Å²) in [6.45, 7) is 16.5. The minimum absolute atomic E-state index is 0.0229. The first-order valence-electron chi connectivity index (χ1n) is 16.3. The summed E-state index contributed by atoms with van der Waals surface area (Å²) in [5, 5.41) is 25.3. The molecule has 1 aromatic carbocycles. The van der Waals surface area contributed by atoms with Crippen molar-refractivity contribution in [1.82, 2.24) is 15.5 Å². The highest BCUT2D eigenvalue weighted by molar-refractivity contribution is 6.74. The highest BCUT2D eigenvalue weighted by Crippen LogP contribution is 2.37. The molecular formula is C35H55N3O7Si. The molecule has 46 heavy (non-hydrogen) atoms. The number of amides is 3. The summed E-state index contributed by atoms with van der Waals surface area (Å²) in [6.07, 6.45) is 7.59. The molecule has 0 aromatic heterocycles. The monoisotopic (exact) mass is 657 g/mol. The average molecular weight is 658 g/mol. The molecule has 256 valence electrons. The molecule has 0 saturated carbocycles. The van der Waals surface area contributed by atoms with Crippen LogP contribution in [0.15, 0.2) is 24.3 Å². The zero-order chi connectivity index (χ0) is 34.9. The standard InChI is InChI=1S/C35H55N3O7Si/c1-10-24-17-19-25(20-18-24)27(23-45-46(8,9)35(5,6)7)36-32(43)28-21-26(39)22-38(28)33(44)31(34(2,3)4)37-29(40)15-13-11-12-14-16-30(41)42/h1,17-20,26-28,31,39H,11-16,21-23H2,2-9H3,(H,36,43)(H,37,40)(H,41,42)/t26-,27+,28+,31-/m1/s1. The number of terminal acetylenes is 1. The van der Waals surface area contributed by atoms with Gasteiger partial charge >= 0.3 is 5.97 Å². The predicted octanol–water partition coefficient (Wildman–Crippen LogP) is 4.76. The van der Waals surface area contributed by atoms with Crippen molar-refractivity contribution in [2.45, 2.75) is 129 Å². The molecule has 1 saturated heterocycles. The van der Waals surface area contributed by atoms with Crippen LogP contribution in [0, 0.1) is 17.8 Å². The predicted molar refractivity (Wildman–Crippen MR) is 181 cm³/mol. The van der Waals surface area contributed by atoms with Crippen molar-refractivity contribution in [2.75, 3.05) is 13.2 Å². The Bertz CT molecular complexity index is 1240. The van der Waals surface area contributed by atoms with Crippen LogP contribution >= 0.6 is 0 Å². The summed E-state index contributed by atoms with van der Waals surface area (Å²) in [7, 11) is -2.17. The molecule has 1 aromatic rings. The number of carboxylic acid groups (broad SMARTS) is 1. The Morgan fingerprint density at radius 2 is 1.59 bits per heavy atom. The Balaban J connectivity index is 2.21. The van der Waals surface area contributed by atoms with E-state index in [4.69, 9.17) is 16.0 Å². The van der Waals surface area contributed by atoms with Gasteiger partial charge < -0.3 is 30.2 Å². The van der Waals surface area contributed by atoms with Crippen LogP contribution in [-0.2, 0) is 23.6 Å². The Labute approximate surface area is 276 Å². The van der Waals surface area contributed by atoms with Crippen LogP contribution in [0.3, 0.4) is 0 Å². The molecular weight excluding hydrogens is 602 g/mol. The fourth-order valence-electron chi connectivity index (χ4n) is 5.08. The van der Waals surface area contributed by atoms with E-state index < -0.39 is 55.7 Å². The van der Waals surface area contributed by atoms with Gasteiger partial charge in [-0.2, -0.15) is 0 Å². The number of carboxylic acids is 1. The van der Waals surface area contributed by atoms with Gasteiger partial charge in [0.1, 0.15) is 12.1 Å². The van der Waals surface area contributed by atoms with E-state index in [-0.39, 0.29) is 43.4 Å². The SMILES string of the molecule is C#Cc1ccc([C@H](CO[Si](C)(C)C(C)(C)C)NC(=O)[C@@H]2C[C@@H](O)CN2C(=O)[C@@H](NC(=O)CCCCCCC(=O)O)C(C)(C)C)cc1. The van der Waals surface area contributed by atoms with Crippen molar-refractivity contribution in [3.05, 3.63) is 35.4 Å². The molecule has 0 aliphatic carbocycles. The lowest BCUT2D eigenvalue weighted by molar-refractivity contribution is -0.144. The summed E-state index contributed by atoms with van der Waals surface area (Å²) in [5.41, 5.74) is 0.856. The number of benzene rings is 1. The summed E-state index contributed by atoms with van der Waals surface area (Å²) >= 11 is 0. The molecule has 4 atom stereocenters. The number of β-amino-alcohol motifs (C(OH)–C–C–N with tert-alkyl or cyclic N) is 1. The van der Waals surface area contributed by atoms with Gasteiger partial charge in [-0.3, -0.25) is 19.2 Å². The van der Waals surface area contributed by atoms with Crippen molar-refractivity contribution < 1.29 is 33.8 Å². The number of carbonyl (C=O) groups is 4. The minimum atomic E-state index is -2.17. The van der Waals surface area contributed by atoms with E-state index in [9.17, 15) is 24.3 Å². The van der Waals surface area contributed by atoms with Gasteiger partial charge in [-0.1, -0.05) is 72.4 Å². The first kappa shape index (κ1) is 39.0. The number of aliphatic hydroxyl groups is 1. The first-order valence-corrected chi connectivity index (χ1v) is 19.2. The van der Waals surface area contributed by atoms with Gasteiger partial charge in [-0.05, 0) is 54.1 Å². The summed E-state index contributed by atoms with van der Waals surface area (Å²) in [5.74, 6) is 0.649. The van der Waals surface area contributed by atoms with Gasteiger partial charge in [0, 0.05) is 31.4 Å².